The molecule has 0 radical (unpaired) electrons. The zero-order chi connectivity index (χ0) is 7.56. The third kappa shape index (κ3) is 1.29. The van der Waals surface area contributed by atoms with Crippen LogP contribution in [0.3, 0.4) is 0 Å². The summed E-state index contributed by atoms with van der Waals surface area (Å²) in [5.41, 5.74) is 0. The molecule has 0 saturated carbocycles. The third-order valence-corrected chi connectivity index (χ3v) is 1.38. The fourth-order valence-corrected chi connectivity index (χ4v) is 0.744. The molecule has 0 aliphatic carbocycles. The average molecular weight is 140 g/mol. The zero-order valence-corrected chi connectivity index (χ0v) is 6.59. The topological polar surface area (TPSA) is 27.1 Å². The molecule has 0 bridgehead atoms. The minimum Gasteiger partial charge on any atom is -0.477 e. The first kappa shape index (κ1) is 7.12. The largest absolute Gasteiger partial charge is 0.477 e. The normalized spacial score (nSPS) is 9.90. The van der Waals surface area contributed by atoms with E-state index < -0.39 is 0 Å². The van der Waals surface area contributed by atoms with Gasteiger partial charge in [0.1, 0.15) is 5.82 Å². The fourth-order valence-electron chi connectivity index (χ4n) is 0.744. The van der Waals surface area contributed by atoms with Crippen LogP contribution in [0.1, 0.15) is 12.7 Å². The Morgan fingerprint density at radius 1 is 1.70 bits per heavy atom. The SMILES string of the molecule is CCOc1cn(C)c(C)n1. The first-order valence-electron chi connectivity index (χ1n) is 3.36. The van der Waals surface area contributed by atoms with Crippen LogP contribution in [0.15, 0.2) is 6.20 Å². The molecule has 56 valence electrons. The Balaban J connectivity index is 2.77. The quantitative estimate of drug-likeness (QED) is 0.615. The summed E-state index contributed by atoms with van der Waals surface area (Å²) in [5, 5.41) is 0. The van der Waals surface area contributed by atoms with E-state index in [0.717, 1.165) is 5.82 Å². The van der Waals surface area contributed by atoms with Crippen molar-refractivity contribution in [3.05, 3.63) is 12.0 Å². The molecule has 0 amide bonds. The van der Waals surface area contributed by atoms with Crippen LogP contribution in [0.5, 0.6) is 5.88 Å². The van der Waals surface area contributed by atoms with Gasteiger partial charge in [-0.05, 0) is 13.8 Å². The van der Waals surface area contributed by atoms with Crippen molar-refractivity contribution in [1.29, 1.82) is 0 Å². The molecule has 10 heavy (non-hydrogen) atoms. The van der Waals surface area contributed by atoms with Crippen molar-refractivity contribution in [3.63, 3.8) is 0 Å². The highest BCUT2D eigenvalue weighted by Crippen LogP contribution is 2.07. The summed E-state index contributed by atoms with van der Waals surface area (Å²) in [4.78, 5) is 4.14. The molecule has 1 aromatic rings. The lowest BCUT2D eigenvalue weighted by Crippen LogP contribution is -1.90. The molecule has 0 aliphatic rings. The molecular weight excluding hydrogens is 128 g/mol. The lowest BCUT2D eigenvalue weighted by atomic mass is 10.7. The Labute approximate surface area is 60.6 Å². The van der Waals surface area contributed by atoms with Crippen LogP contribution in [0, 0.1) is 6.92 Å². The van der Waals surface area contributed by atoms with Crippen LogP contribution in [0.4, 0.5) is 0 Å². The smallest absolute Gasteiger partial charge is 0.231 e. The third-order valence-electron chi connectivity index (χ3n) is 1.38. The maximum absolute atomic E-state index is 5.18. The van der Waals surface area contributed by atoms with E-state index in [9.17, 15) is 0 Å². The van der Waals surface area contributed by atoms with Crippen LogP contribution >= 0.6 is 0 Å². The minimum atomic E-state index is 0.677. The number of imidazole rings is 1. The number of ether oxygens (including phenoxy) is 1. The Bertz CT molecular complexity index is 198. The van der Waals surface area contributed by atoms with Crippen molar-refractivity contribution < 1.29 is 4.74 Å². The molecule has 0 atom stereocenters. The molecule has 1 heterocycles. The maximum atomic E-state index is 5.18. The number of nitrogens with zero attached hydrogens (tertiary/aromatic N) is 2. The summed E-state index contributed by atoms with van der Waals surface area (Å²) in [6, 6.07) is 0. The summed E-state index contributed by atoms with van der Waals surface area (Å²) in [6.07, 6.45) is 1.87. The Hall–Kier alpha value is -0.990. The zero-order valence-electron chi connectivity index (χ0n) is 6.59. The van der Waals surface area contributed by atoms with E-state index in [0.29, 0.717) is 12.5 Å². The van der Waals surface area contributed by atoms with Gasteiger partial charge in [-0.2, -0.15) is 4.98 Å². The van der Waals surface area contributed by atoms with Gasteiger partial charge in [-0.25, -0.2) is 0 Å². The van der Waals surface area contributed by atoms with Gasteiger partial charge in [0, 0.05) is 7.05 Å². The molecule has 0 spiro atoms. The molecule has 3 heteroatoms. The fraction of sp³-hybridized carbons (Fsp3) is 0.571. The number of aryl methyl sites for hydroxylation is 2. The molecule has 1 aromatic heterocycles. The summed E-state index contributed by atoms with van der Waals surface area (Å²) in [7, 11) is 1.95. The van der Waals surface area contributed by atoms with Gasteiger partial charge in [0.2, 0.25) is 5.88 Å². The van der Waals surface area contributed by atoms with Crippen molar-refractivity contribution in [2.75, 3.05) is 6.61 Å². The number of hydrogen-bond acceptors (Lipinski definition) is 2. The summed E-state index contributed by atoms with van der Waals surface area (Å²) in [6.45, 7) is 4.57. The standard InChI is InChI=1S/C7H12N2O/c1-4-10-7-5-9(3)6(2)8-7/h5H,4H2,1-3H3. The second-order valence-electron chi connectivity index (χ2n) is 2.17. The second-order valence-corrected chi connectivity index (χ2v) is 2.17. The van der Waals surface area contributed by atoms with Gasteiger partial charge < -0.3 is 9.30 Å². The molecule has 3 nitrogen and oxygen atoms in total. The van der Waals surface area contributed by atoms with Gasteiger partial charge in [-0.3, -0.25) is 0 Å². The minimum absolute atomic E-state index is 0.677. The molecule has 0 fully saturated rings. The Kier molecular flexibility index (Phi) is 1.94. The van der Waals surface area contributed by atoms with Crippen molar-refractivity contribution in [3.8, 4) is 5.88 Å². The number of hydrogen-bond donors (Lipinski definition) is 0. The van der Waals surface area contributed by atoms with Crippen molar-refractivity contribution in [1.82, 2.24) is 9.55 Å². The van der Waals surface area contributed by atoms with Gasteiger partial charge in [0.05, 0.1) is 12.8 Å². The molecule has 0 unspecified atom stereocenters. The summed E-state index contributed by atoms with van der Waals surface area (Å²) < 4.78 is 7.11. The average Bonchev–Trinajstić information content (AvgIpc) is 2.14. The van der Waals surface area contributed by atoms with E-state index in [1.807, 2.05) is 31.7 Å². The molecular formula is C7H12N2O. The Morgan fingerprint density at radius 3 is 2.80 bits per heavy atom. The molecule has 1 rings (SSSR count). The Morgan fingerprint density at radius 2 is 2.40 bits per heavy atom. The predicted octanol–water partition coefficient (Wildman–Crippen LogP) is 1.13. The van der Waals surface area contributed by atoms with E-state index in [1.54, 1.807) is 0 Å². The summed E-state index contributed by atoms with van der Waals surface area (Å²) in [5.74, 6) is 1.69. The molecule has 0 N–H and O–H groups in total. The van der Waals surface area contributed by atoms with Crippen molar-refractivity contribution >= 4 is 0 Å². The van der Waals surface area contributed by atoms with E-state index in [1.165, 1.54) is 0 Å². The van der Waals surface area contributed by atoms with E-state index in [4.69, 9.17) is 4.74 Å². The lowest BCUT2D eigenvalue weighted by molar-refractivity contribution is 0.328. The van der Waals surface area contributed by atoms with Crippen LogP contribution < -0.4 is 4.74 Å². The maximum Gasteiger partial charge on any atom is 0.231 e. The number of aromatic nitrogens is 2. The van der Waals surface area contributed by atoms with Crippen LogP contribution in [-0.2, 0) is 7.05 Å². The highest BCUT2D eigenvalue weighted by atomic mass is 16.5. The van der Waals surface area contributed by atoms with Gasteiger partial charge >= 0.3 is 0 Å². The highest BCUT2D eigenvalue weighted by molar-refractivity contribution is 5.08. The van der Waals surface area contributed by atoms with Crippen molar-refractivity contribution in [2.45, 2.75) is 13.8 Å². The van der Waals surface area contributed by atoms with E-state index in [2.05, 4.69) is 4.98 Å². The monoisotopic (exact) mass is 140 g/mol. The van der Waals surface area contributed by atoms with Crippen molar-refractivity contribution in [2.24, 2.45) is 7.05 Å². The lowest BCUT2D eigenvalue weighted by Gasteiger charge is -1.93. The van der Waals surface area contributed by atoms with Crippen LogP contribution in [0.25, 0.3) is 0 Å². The van der Waals surface area contributed by atoms with Gasteiger partial charge in [-0.15, -0.1) is 0 Å². The van der Waals surface area contributed by atoms with Gasteiger partial charge in [0.25, 0.3) is 0 Å². The van der Waals surface area contributed by atoms with E-state index in [-0.39, 0.29) is 0 Å². The predicted molar refractivity (Wildman–Crippen MR) is 39.1 cm³/mol. The highest BCUT2D eigenvalue weighted by Gasteiger charge is 1.98. The van der Waals surface area contributed by atoms with Gasteiger partial charge in [-0.1, -0.05) is 0 Å². The number of rotatable bonds is 2. The molecule has 0 aliphatic heterocycles. The first-order valence-corrected chi connectivity index (χ1v) is 3.36. The summed E-state index contributed by atoms with van der Waals surface area (Å²) >= 11 is 0. The molecule has 0 saturated heterocycles. The van der Waals surface area contributed by atoms with E-state index >= 15 is 0 Å². The molecule has 0 aromatic carbocycles. The second kappa shape index (κ2) is 2.73. The van der Waals surface area contributed by atoms with Crippen LogP contribution in [0.2, 0.25) is 0 Å². The van der Waals surface area contributed by atoms with Crippen LogP contribution in [-0.4, -0.2) is 16.2 Å². The first-order chi connectivity index (χ1) is 4.74. The van der Waals surface area contributed by atoms with Gasteiger partial charge in [0.15, 0.2) is 0 Å².